The summed E-state index contributed by atoms with van der Waals surface area (Å²) in [6.45, 7) is 4.27. The summed E-state index contributed by atoms with van der Waals surface area (Å²) in [6, 6.07) is 6.35. The third-order valence-corrected chi connectivity index (χ3v) is 6.30. The van der Waals surface area contributed by atoms with Crippen LogP contribution < -0.4 is 4.90 Å². The standard InChI is InChI=1S/C21H24N6O3/c28-19(9-14-1-2-14)25-5-7-26(8-6-25)21-23-20(30-24-21)15-3-4-16-11-22-27(18(16)10-15)17-12-29-13-17/h3-4,10-11,14,17H,1-2,5-9,12-13H2. The Bertz CT molecular complexity index is 1080. The van der Waals surface area contributed by atoms with Gasteiger partial charge >= 0.3 is 0 Å². The van der Waals surface area contributed by atoms with Gasteiger partial charge in [0.1, 0.15) is 0 Å². The fourth-order valence-electron chi connectivity index (χ4n) is 4.14. The fourth-order valence-corrected chi connectivity index (χ4v) is 4.14. The summed E-state index contributed by atoms with van der Waals surface area (Å²) in [7, 11) is 0. The van der Waals surface area contributed by atoms with E-state index in [4.69, 9.17) is 9.26 Å². The van der Waals surface area contributed by atoms with Gasteiger partial charge in [0, 0.05) is 43.5 Å². The number of ether oxygens (including phenoxy) is 1. The van der Waals surface area contributed by atoms with Crippen LogP contribution in [0.3, 0.4) is 0 Å². The summed E-state index contributed by atoms with van der Waals surface area (Å²) >= 11 is 0. The molecule has 2 saturated heterocycles. The first-order chi connectivity index (χ1) is 14.7. The van der Waals surface area contributed by atoms with Crippen LogP contribution in [0.1, 0.15) is 25.3 Å². The Morgan fingerprint density at radius 2 is 1.97 bits per heavy atom. The number of benzene rings is 1. The minimum atomic E-state index is 0.285. The molecule has 9 nitrogen and oxygen atoms in total. The molecule has 1 aliphatic carbocycles. The molecule has 3 fully saturated rings. The lowest BCUT2D eigenvalue weighted by molar-refractivity contribution is -0.131. The normalized spacial score (nSPS) is 20.0. The first-order valence-electron chi connectivity index (χ1n) is 10.7. The maximum atomic E-state index is 12.3. The second kappa shape index (κ2) is 7.09. The van der Waals surface area contributed by atoms with Gasteiger partial charge in [-0.05, 0) is 36.0 Å². The van der Waals surface area contributed by atoms with Crippen LogP contribution in [-0.2, 0) is 9.53 Å². The van der Waals surface area contributed by atoms with Gasteiger partial charge in [0.2, 0.25) is 5.91 Å². The predicted molar refractivity (Wildman–Crippen MR) is 109 cm³/mol. The smallest absolute Gasteiger partial charge is 0.266 e. The van der Waals surface area contributed by atoms with Crippen molar-refractivity contribution in [3.63, 3.8) is 0 Å². The number of aromatic nitrogens is 4. The number of rotatable bonds is 5. The molecule has 0 unspecified atom stereocenters. The number of piperazine rings is 1. The molecular weight excluding hydrogens is 384 g/mol. The third kappa shape index (κ3) is 3.23. The molecule has 0 atom stereocenters. The molecule has 1 saturated carbocycles. The lowest BCUT2D eigenvalue weighted by Crippen LogP contribution is -2.49. The van der Waals surface area contributed by atoms with Crippen LogP contribution in [0, 0.1) is 5.92 Å². The van der Waals surface area contributed by atoms with E-state index in [1.165, 1.54) is 12.8 Å². The summed E-state index contributed by atoms with van der Waals surface area (Å²) in [4.78, 5) is 21.0. The maximum absolute atomic E-state index is 12.3. The average molecular weight is 408 g/mol. The fraction of sp³-hybridized carbons (Fsp3) is 0.524. The second-order valence-electron chi connectivity index (χ2n) is 8.47. The van der Waals surface area contributed by atoms with E-state index in [0.29, 0.717) is 50.5 Å². The molecular formula is C21H24N6O3. The second-order valence-corrected chi connectivity index (χ2v) is 8.47. The Balaban J connectivity index is 1.16. The number of nitrogens with zero attached hydrogens (tertiary/aromatic N) is 6. The van der Waals surface area contributed by atoms with E-state index in [9.17, 15) is 4.79 Å². The van der Waals surface area contributed by atoms with E-state index in [1.807, 2.05) is 34.0 Å². The van der Waals surface area contributed by atoms with Gasteiger partial charge in [-0.3, -0.25) is 9.48 Å². The van der Waals surface area contributed by atoms with Gasteiger partial charge in [0.15, 0.2) is 0 Å². The topological polar surface area (TPSA) is 89.5 Å². The quantitative estimate of drug-likeness (QED) is 0.639. The van der Waals surface area contributed by atoms with Crippen LogP contribution in [0.5, 0.6) is 0 Å². The maximum Gasteiger partial charge on any atom is 0.266 e. The monoisotopic (exact) mass is 408 g/mol. The first kappa shape index (κ1) is 17.9. The molecule has 2 aliphatic heterocycles. The van der Waals surface area contributed by atoms with Crippen LogP contribution in [0.15, 0.2) is 28.9 Å². The number of hydrogen-bond donors (Lipinski definition) is 0. The van der Waals surface area contributed by atoms with Gasteiger partial charge in [-0.2, -0.15) is 10.1 Å². The summed E-state index contributed by atoms with van der Waals surface area (Å²) < 4.78 is 12.9. The van der Waals surface area contributed by atoms with E-state index in [0.717, 1.165) is 29.6 Å². The lowest BCUT2D eigenvalue weighted by atomic mass is 10.1. The Kier molecular flexibility index (Phi) is 4.22. The molecule has 2 aromatic heterocycles. The van der Waals surface area contributed by atoms with Gasteiger partial charge in [-0.15, -0.1) is 0 Å². The molecule has 6 rings (SSSR count). The first-order valence-corrected chi connectivity index (χ1v) is 10.7. The van der Waals surface area contributed by atoms with Gasteiger partial charge in [0.05, 0.1) is 31.0 Å². The van der Waals surface area contributed by atoms with Gasteiger partial charge in [-0.1, -0.05) is 6.07 Å². The van der Waals surface area contributed by atoms with Crippen molar-refractivity contribution in [1.82, 2.24) is 24.8 Å². The number of carbonyl (C=O) groups is 1. The van der Waals surface area contributed by atoms with Crippen LogP contribution >= 0.6 is 0 Å². The highest BCUT2D eigenvalue weighted by molar-refractivity contribution is 5.83. The summed E-state index contributed by atoms with van der Waals surface area (Å²) in [5.74, 6) is 1.99. The van der Waals surface area contributed by atoms with Crippen LogP contribution in [-0.4, -0.2) is 70.1 Å². The molecule has 30 heavy (non-hydrogen) atoms. The minimum Gasteiger partial charge on any atom is -0.377 e. The lowest BCUT2D eigenvalue weighted by Gasteiger charge is -2.34. The van der Waals surface area contributed by atoms with Crippen molar-refractivity contribution < 1.29 is 14.1 Å². The largest absolute Gasteiger partial charge is 0.377 e. The van der Waals surface area contributed by atoms with Crippen molar-refractivity contribution in [2.24, 2.45) is 5.92 Å². The number of hydrogen-bond acceptors (Lipinski definition) is 7. The minimum absolute atomic E-state index is 0.285. The summed E-state index contributed by atoms with van der Waals surface area (Å²) in [5, 5.41) is 9.78. The van der Waals surface area contributed by atoms with Crippen molar-refractivity contribution in [2.45, 2.75) is 25.3 Å². The highest BCUT2D eigenvalue weighted by atomic mass is 16.5. The zero-order chi connectivity index (χ0) is 20.1. The van der Waals surface area contributed by atoms with Crippen molar-refractivity contribution in [3.8, 4) is 11.5 Å². The summed E-state index contributed by atoms with van der Waals surface area (Å²) in [6.07, 6.45) is 5.00. The molecule has 4 heterocycles. The Hall–Kier alpha value is -2.94. The van der Waals surface area contributed by atoms with Gasteiger partial charge in [-0.25, -0.2) is 0 Å². The van der Waals surface area contributed by atoms with E-state index < -0.39 is 0 Å². The molecule has 1 amide bonds. The van der Waals surface area contributed by atoms with Crippen LogP contribution in [0.4, 0.5) is 5.95 Å². The molecule has 0 spiro atoms. The Labute approximate surface area is 173 Å². The van der Waals surface area contributed by atoms with Crippen LogP contribution in [0.2, 0.25) is 0 Å². The predicted octanol–water partition coefficient (Wildman–Crippen LogP) is 2.11. The van der Waals surface area contributed by atoms with Gasteiger partial charge in [0.25, 0.3) is 11.8 Å². The highest BCUT2D eigenvalue weighted by Gasteiger charge is 2.29. The molecule has 9 heteroatoms. The Morgan fingerprint density at radius 1 is 1.13 bits per heavy atom. The van der Waals surface area contributed by atoms with Crippen molar-refractivity contribution >= 4 is 22.8 Å². The number of amides is 1. The molecule has 0 radical (unpaired) electrons. The van der Waals surface area contributed by atoms with Crippen molar-refractivity contribution in [1.29, 1.82) is 0 Å². The van der Waals surface area contributed by atoms with Crippen molar-refractivity contribution in [3.05, 3.63) is 24.4 Å². The van der Waals surface area contributed by atoms with E-state index in [2.05, 4.69) is 20.1 Å². The highest BCUT2D eigenvalue weighted by Crippen LogP contribution is 2.33. The zero-order valence-corrected chi connectivity index (χ0v) is 16.7. The number of anilines is 1. The third-order valence-electron chi connectivity index (χ3n) is 6.30. The number of fused-ring (bicyclic) bond motifs is 1. The molecule has 3 aliphatic rings. The molecule has 0 N–H and O–H groups in total. The van der Waals surface area contributed by atoms with E-state index in [1.54, 1.807) is 0 Å². The van der Waals surface area contributed by atoms with Crippen molar-refractivity contribution in [2.75, 3.05) is 44.3 Å². The van der Waals surface area contributed by atoms with Crippen LogP contribution in [0.25, 0.3) is 22.4 Å². The molecule has 0 bridgehead atoms. The van der Waals surface area contributed by atoms with Gasteiger partial charge < -0.3 is 19.1 Å². The van der Waals surface area contributed by atoms with E-state index in [-0.39, 0.29) is 11.9 Å². The van der Waals surface area contributed by atoms with E-state index >= 15 is 0 Å². The Morgan fingerprint density at radius 3 is 2.70 bits per heavy atom. The summed E-state index contributed by atoms with van der Waals surface area (Å²) in [5.41, 5.74) is 1.92. The average Bonchev–Trinajstić information content (AvgIpc) is 3.25. The molecule has 1 aromatic carbocycles. The SMILES string of the molecule is O=C(CC1CC1)N1CCN(c2noc(-c3ccc4cnn(C5COC5)c4c3)n2)CC1. The molecule has 3 aromatic rings. The zero-order valence-electron chi connectivity index (χ0n) is 16.7. The number of carbonyl (C=O) groups excluding carboxylic acids is 1. The molecule has 156 valence electrons.